The molecule has 0 aliphatic carbocycles. The highest BCUT2D eigenvalue weighted by atomic mass is 127. The highest BCUT2D eigenvalue weighted by Crippen LogP contribution is 2.24. The van der Waals surface area contributed by atoms with Gasteiger partial charge in [-0.3, -0.25) is 9.67 Å². The average molecular weight is 545 g/mol. The van der Waals surface area contributed by atoms with Crippen molar-refractivity contribution in [1.82, 2.24) is 25.4 Å². The SMILES string of the molecule is CN=C(NCCc1csc(N2CCCC2)n1)NC1CCCN(c2cnn(C)c2)C1.I. The van der Waals surface area contributed by atoms with Gasteiger partial charge < -0.3 is 20.4 Å². The summed E-state index contributed by atoms with van der Waals surface area (Å²) in [6, 6.07) is 0.385. The van der Waals surface area contributed by atoms with Gasteiger partial charge in [0, 0.05) is 70.9 Å². The van der Waals surface area contributed by atoms with E-state index in [-0.39, 0.29) is 24.0 Å². The summed E-state index contributed by atoms with van der Waals surface area (Å²) in [6.45, 7) is 5.19. The van der Waals surface area contributed by atoms with Gasteiger partial charge in [0.1, 0.15) is 0 Å². The van der Waals surface area contributed by atoms with Gasteiger partial charge in [-0.2, -0.15) is 5.10 Å². The Morgan fingerprint density at radius 2 is 2.03 bits per heavy atom. The Kier molecular flexibility index (Phi) is 8.61. The molecule has 30 heavy (non-hydrogen) atoms. The predicted molar refractivity (Wildman–Crippen MR) is 136 cm³/mol. The molecule has 0 radical (unpaired) electrons. The van der Waals surface area contributed by atoms with Crippen molar-refractivity contribution in [3.63, 3.8) is 0 Å². The molecule has 2 aromatic rings. The first kappa shape index (κ1) is 23.1. The lowest BCUT2D eigenvalue weighted by Crippen LogP contribution is -2.51. The number of aliphatic imine (C=N–C) groups is 1. The lowest BCUT2D eigenvalue weighted by atomic mass is 10.1. The summed E-state index contributed by atoms with van der Waals surface area (Å²) in [7, 11) is 3.80. The molecular formula is C20H33IN8S. The number of nitrogens with zero attached hydrogens (tertiary/aromatic N) is 6. The molecule has 2 saturated heterocycles. The topological polar surface area (TPSA) is 73.6 Å². The summed E-state index contributed by atoms with van der Waals surface area (Å²) in [5, 5.41) is 14.7. The molecule has 2 N–H and O–H groups in total. The molecule has 4 heterocycles. The molecule has 2 fully saturated rings. The Labute approximate surface area is 200 Å². The number of anilines is 2. The van der Waals surface area contributed by atoms with Crippen molar-refractivity contribution in [3.05, 3.63) is 23.5 Å². The summed E-state index contributed by atoms with van der Waals surface area (Å²) in [5.41, 5.74) is 2.36. The molecule has 0 aromatic carbocycles. The third-order valence-electron chi connectivity index (χ3n) is 5.63. The molecule has 2 aromatic heterocycles. The van der Waals surface area contributed by atoms with Gasteiger partial charge in [0.25, 0.3) is 0 Å². The molecule has 166 valence electrons. The summed E-state index contributed by atoms with van der Waals surface area (Å²) < 4.78 is 1.86. The minimum atomic E-state index is 0. The molecule has 0 spiro atoms. The van der Waals surface area contributed by atoms with E-state index in [1.54, 1.807) is 11.3 Å². The van der Waals surface area contributed by atoms with Crippen molar-refractivity contribution in [2.75, 3.05) is 49.6 Å². The van der Waals surface area contributed by atoms with Crippen LogP contribution in [0.15, 0.2) is 22.8 Å². The lowest BCUT2D eigenvalue weighted by Gasteiger charge is -2.34. The van der Waals surface area contributed by atoms with E-state index in [1.807, 2.05) is 25.0 Å². The minimum Gasteiger partial charge on any atom is -0.367 e. The second kappa shape index (κ2) is 11.2. The van der Waals surface area contributed by atoms with E-state index < -0.39 is 0 Å². The van der Waals surface area contributed by atoms with Crippen LogP contribution in [0, 0.1) is 0 Å². The summed E-state index contributed by atoms with van der Waals surface area (Å²) in [6.07, 6.45) is 9.84. The van der Waals surface area contributed by atoms with Crippen molar-refractivity contribution in [2.45, 2.75) is 38.1 Å². The first-order valence-corrected chi connectivity index (χ1v) is 11.5. The molecular weight excluding hydrogens is 511 g/mol. The number of rotatable bonds is 6. The standard InChI is InChI=1S/C20H32N8S.HI/c1-21-19(22-8-7-17-15-29-20(25-17)27-9-3-4-10-27)24-16-6-5-11-28(13-16)18-12-23-26(2)14-18;/h12,14-16H,3-11,13H2,1-2H3,(H2,21,22,24);1H. The number of guanidine groups is 1. The van der Waals surface area contributed by atoms with Gasteiger partial charge in [0.05, 0.1) is 17.6 Å². The van der Waals surface area contributed by atoms with Crippen molar-refractivity contribution in [2.24, 2.45) is 12.0 Å². The Morgan fingerprint density at radius 3 is 2.77 bits per heavy atom. The first-order chi connectivity index (χ1) is 14.2. The number of hydrogen-bond donors (Lipinski definition) is 2. The van der Waals surface area contributed by atoms with Gasteiger partial charge in [-0.15, -0.1) is 35.3 Å². The normalized spacial score (nSPS) is 19.7. The zero-order valence-corrected chi connectivity index (χ0v) is 21.0. The molecule has 0 bridgehead atoms. The zero-order chi connectivity index (χ0) is 20.1. The largest absolute Gasteiger partial charge is 0.367 e. The molecule has 0 amide bonds. The van der Waals surface area contributed by atoms with Crippen LogP contribution in [-0.2, 0) is 13.5 Å². The molecule has 2 aliphatic rings. The van der Waals surface area contributed by atoms with Crippen LogP contribution >= 0.6 is 35.3 Å². The maximum atomic E-state index is 4.81. The number of piperidine rings is 1. The van der Waals surface area contributed by atoms with E-state index >= 15 is 0 Å². The van der Waals surface area contributed by atoms with Crippen molar-refractivity contribution in [3.8, 4) is 0 Å². The minimum absolute atomic E-state index is 0. The van der Waals surface area contributed by atoms with E-state index in [1.165, 1.54) is 35.8 Å². The van der Waals surface area contributed by atoms with E-state index in [0.717, 1.165) is 51.5 Å². The zero-order valence-electron chi connectivity index (χ0n) is 17.9. The van der Waals surface area contributed by atoms with Gasteiger partial charge in [-0.1, -0.05) is 0 Å². The number of hydrogen-bond acceptors (Lipinski definition) is 6. The molecule has 4 rings (SSSR count). The number of aryl methyl sites for hydroxylation is 1. The summed E-state index contributed by atoms with van der Waals surface area (Å²) in [5.74, 6) is 0.873. The van der Waals surface area contributed by atoms with Gasteiger partial charge in [0.15, 0.2) is 11.1 Å². The maximum Gasteiger partial charge on any atom is 0.191 e. The summed E-state index contributed by atoms with van der Waals surface area (Å²) >= 11 is 1.77. The predicted octanol–water partition coefficient (Wildman–Crippen LogP) is 2.47. The monoisotopic (exact) mass is 544 g/mol. The van der Waals surface area contributed by atoms with E-state index in [4.69, 9.17) is 4.98 Å². The Hall–Kier alpha value is -1.56. The molecule has 1 unspecified atom stereocenters. The van der Waals surface area contributed by atoms with Gasteiger partial charge >= 0.3 is 0 Å². The van der Waals surface area contributed by atoms with E-state index in [0.29, 0.717) is 6.04 Å². The highest BCUT2D eigenvalue weighted by Gasteiger charge is 2.22. The number of halogens is 1. The van der Waals surface area contributed by atoms with Crippen LogP contribution in [0.25, 0.3) is 0 Å². The van der Waals surface area contributed by atoms with Crippen molar-refractivity contribution >= 4 is 52.1 Å². The van der Waals surface area contributed by atoms with Crippen LogP contribution in [-0.4, -0.2) is 66.5 Å². The van der Waals surface area contributed by atoms with Gasteiger partial charge in [-0.25, -0.2) is 4.98 Å². The average Bonchev–Trinajstić information content (AvgIpc) is 3.49. The first-order valence-electron chi connectivity index (χ1n) is 10.6. The molecule has 8 nitrogen and oxygen atoms in total. The van der Waals surface area contributed by atoms with Gasteiger partial charge in [0.2, 0.25) is 0 Å². The van der Waals surface area contributed by atoms with Crippen LogP contribution < -0.4 is 20.4 Å². The van der Waals surface area contributed by atoms with Crippen LogP contribution in [0.3, 0.4) is 0 Å². The smallest absolute Gasteiger partial charge is 0.191 e. The number of aromatic nitrogens is 3. The fraction of sp³-hybridized carbons (Fsp3) is 0.650. The number of thiazole rings is 1. The Bertz CT molecular complexity index is 813. The van der Waals surface area contributed by atoms with Crippen LogP contribution in [0.1, 0.15) is 31.4 Å². The number of nitrogens with one attached hydrogen (secondary N) is 2. The Balaban J connectivity index is 0.00000256. The molecule has 0 saturated carbocycles. The quantitative estimate of drug-likeness (QED) is 0.331. The Morgan fingerprint density at radius 1 is 1.23 bits per heavy atom. The van der Waals surface area contributed by atoms with Gasteiger partial charge in [-0.05, 0) is 25.7 Å². The van der Waals surface area contributed by atoms with Crippen LogP contribution in [0.5, 0.6) is 0 Å². The highest BCUT2D eigenvalue weighted by molar-refractivity contribution is 14.0. The fourth-order valence-electron chi connectivity index (χ4n) is 4.06. The maximum absolute atomic E-state index is 4.81. The van der Waals surface area contributed by atoms with Crippen molar-refractivity contribution < 1.29 is 0 Å². The fourth-order valence-corrected chi connectivity index (χ4v) is 4.98. The second-order valence-corrected chi connectivity index (χ2v) is 8.70. The van der Waals surface area contributed by atoms with E-state index in [2.05, 4.69) is 42.1 Å². The molecule has 10 heteroatoms. The van der Waals surface area contributed by atoms with Crippen LogP contribution in [0.4, 0.5) is 10.8 Å². The van der Waals surface area contributed by atoms with E-state index in [9.17, 15) is 0 Å². The molecule has 2 aliphatic heterocycles. The molecule has 1 atom stereocenters. The summed E-state index contributed by atoms with van der Waals surface area (Å²) in [4.78, 5) is 14.0. The second-order valence-electron chi connectivity index (χ2n) is 7.87. The lowest BCUT2D eigenvalue weighted by molar-refractivity contribution is 0.468. The third-order valence-corrected chi connectivity index (χ3v) is 6.58. The third kappa shape index (κ3) is 5.99. The van der Waals surface area contributed by atoms with Crippen molar-refractivity contribution in [1.29, 1.82) is 0 Å². The van der Waals surface area contributed by atoms with Crippen LogP contribution in [0.2, 0.25) is 0 Å².